The van der Waals surface area contributed by atoms with E-state index in [1.54, 1.807) is 48.5 Å². The quantitative estimate of drug-likeness (QED) is 0.0456. The number of urea groups is 1. The van der Waals surface area contributed by atoms with E-state index in [0.29, 0.717) is 38.9 Å². The number of halogens is 5. The first-order valence-electron chi connectivity index (χ1n) is 21.9. The lowest BCUT2D eigenvalue weighted by Crippen LogP contribution is -2.41. The molecule has 0 spiro atoms. The minimum atomic E-state index is -1.63. The van der Waals surface area contributed by atoms with Gasteiger partial charge in [0.1, 0.15) is 62.4 Å². The van der Waals surface area contributed by atoms with E-state index in [1.807, 2.05) is 0 Å². The molecule has 1 aliphatic rings. The summed E-state index contributed by atoms with van der Waals surface area (Å²) in [4.78, 5) is 50.5. The smallest absolute Gasteiger partial charge is 0.359 e. The summed E-state index contributed by atoms with van der Waals surface area (Å²) in [6.45, 7) is 1.56. The molecule has 0 saturated carbocycles. The number of hydroxylamine groups is 2. The van der Waals surface area contributed by atoms with Gasteiger partial charge in [0.2, 0.25) is 11.8 Å². The van der Waals surface area contributed by atoms with Gasteiger partial charge in [-0.05, 0) is 73.2 Å². The number of ether oxygens (including phenoxy) is 3. The largest absolute Gasteiger partial charge is 0.497 e. The van der Waals surface area contributed by atoms with Crippen LogP contribution >= 0.6 is 11.6 Å². The number of anilines is 2. The van der Waals surface area contributed by atoms with Crippen LogP contribution in [0.3, 0.4) is 0 Å². The lowest BCUT2D eigenvalue weighted by molar-refractivity contribution is -0.147. The van der Waals surface area contributed by atoms with Gasteiger partial charge in [0.15, 0.2) is 17.4 Å². The fraction of sp³-hybridized carbons (Fsp3) is 0.137. The molecule has 0 bridgehead atoms. The van der Waals surface area contributed by atoms with Gasteiger partial charge in [-0.1, -0.05) is 40.9 Å². The van der Waals surface area contributed by atoms with Gasteiger partial charge < -0.3 is 49.0 Å². The second-order valence-electron chi connectivity index (χ2n) is 16.7. The predicted molar refractivity (Wildman–Crippen MR) is 258 cm³/mol. The highest BCUT2D eigenvalue weighted by Crippen LogP contribution is 2.40. The summed E-state index contributed by atoms with van der Waals surface area (Å²) in [7, 11) is 4.40. The fourth-order valence-corrected chi connectivity index (χ4v) is 8.77. The van der Waals surface area contributed by atoms with E-state index >= 15 is 8.78 Å². The molecule has 4 N–H and O–H groups in total. The van der Waals surface area contributed by atoms with Crippen LogP contribution < -0.4 is 29.7 Å². The number of hydrogen-bond donors (Lipinski definition) is 4. The highest BCUT2D eigenvalue weighted by atomic mass is 35.5. The number of nitrogens with one attached hydrogen (secondary N) is 2. The molecule has 0 radical (unpaired) electrons. The number of imide groups is 1. The van der Waals surface area contributed by atoms with Crippen molar-refractivity contribution in [2.45, 2.75) is 25.6 Å². The van der Waals surface area contributed by atoms with Gasteiger partial charge in [0.25, 0.3) is 5.91 Å². The first-order valence-corrected chi connectivity index (χ1v) is 22.3. The van der Waals surface area contributed by atoms with E-state index in [9.17, 15) is 28.6 Å². The topological polar surface area (TPSA) is 200 Å². The van der Waals surface area contributed by atoms with Crippen LogP contribution in [-0.2, 0) is 23.4 Å². The second kappa shape index (κ2) is 18.6. The molecule has 22 heteroatoms. The van der Waals surface area contributed by atoms with Crippen molar-refractivity contribution in [1.29, 1.82) is 0 Å². The molecule has 73 heavy (non-hydrogen) atoms. The van der Waals surface area contributed by atoms with Crippen molar-refractivity contribution in [1.82, 2.24) is 39.5 Å². The van der Waals surface area contributed by atoms with Gasteiger partial charge in [0, 0.05) is 41.3 Å². The Labute approximate surface area is 415 Å². The average molecular weight is 1020 g/mol. The number of rotatable bonds is 14. The Morgan fingerprint density at radius 3 is 1.71 bits per heavy atom. The Balaban J connectivity index is 0.888. The van der Waals surface area contributed by atoms with Crippen molar-refractivity contribution < 1.29 is 56.4 Å². The monoisotopic (exact) mass is 1020 g/mol. The van der Waals surface area contributed by atoms with E-state index in [0.717, 1.165) is 24.3 Å². The number of carbonyl (C=O) groups excluding carboxylic acids is 2. The maximum Gasteiger partial charge on any atom is 0.359 e. The molecule has 1 atom stereocenters. The average Bonchev–Trinajstić information content (AvgIpc) is 3.94. The number of nitrogens with zero attached hydrogens (tertiary/aromatic N) is 7. The van der Waals surface area contributed by atoms with Crippen molar-refractivity contribution in [2.24, 2.45) is 0 Å². The van der Waals surface area contributed by atoms with Crippen LogP contribution in [0.25, 0.3) is 44.6 Å². The third-order valence-corrected chi connectivity index (χ3v) is 12.5. The zero-order chi connectivity index (χ0) is 51.5. The molecule has 1 unspecified atom stereocenters. The van der Waals surface area contributed by atoms with Crippen molar-refractivity contribution in [3.63, 3.8) is 0 Å². The molecular formula is C51H38ClF4N9O8. The van der Waals surface area contributed by atoms with Crippen LogP contribution in [0.2, 0.25) is 5.15 Å². The Bertz CT molecular complexity index is 3670. The first-order chi connectivity index (χ1) is 35.1. The normalized spacial score (nSPS) is 14.5. The highest BCUT2D eigenvalue weighted by Gasteiger charge is 2.51. The molecule has 5 aromatic carbocycles. The second-order valence-corrected chi connectivity index (χ2v) is 17.1. The van der Waals surface area contributed by atoms with E-state index in [2.05, 4.69) is 30.6 Å². The molecule has 17 nitrogen and oxygen atoms in total. The molecule has 10 rings (SSSR count). The fourth-order valence-electron chi connectivity index (χ4n) is 8.51. The number of carbonyl (C=O) groups is 2. The van der Waals surface area contributed by atoms with Crippen molar-refractivity contribution in [3.05, 3.63) is 155 Å². The minimum Gasteiger partial charge on any atom is -0.497 e. The third-order valence-electron chi connectivity index (χ3n) is 12.3. The standard InChI is InChI=1S/C51H38ClF4N9O8/c1-51(49(68)65(50(69)62-51)73-30-18-12-26(38(20-30)72-4)21-63-23-35-41(47(63)66)43(52)60-44(58-35)39-31(53)7-5-8-32(39)54)27-13-15-28(16-14-27)57-46-42-36(59-45(61-46)40-33(55)9-6-10-34(40)56)24-64(48(42)67)22-25-11-17-29(70-2)19-37(25)71-3/h5-20,23-24,66-67H,21-22H2,1-4H3,(H,62,69)(H,57,59,61). The maximum atomic E-state index is 15.2. The predicted octanol–water partition coefficient (Wildman–Crippen LogP) is 9.76. The molecule has 0 aliphatic carbocycles. The van der Waals surface area contributed by atoms with Gasteiger partial charge in [0.05, 0.1) is 62.0 Å². The van der Waals surface area contributed by atoms with E-state index in [-0.39, 0.29) is 80.8 Å². The summed E-state index contributed by atoms with van der Waals surface area (Å²) in [5.41, 5.74) is -0.461. The number of amides is 3. The van der Waals surface area contributed by atoms with Crippen LogP contribution in [0.5, 0.6) is 34.8 Å². The summed E-state index contributed by atoms with van der Waals surface area (Å²) in [5, 5.41) is 29.1. The molecule has 370 valence electrons. The number of aromatic hydroxyl groups is 2. The van der Waals surface area contributed by atoms with Crippen molar-refractivity contribution in [3.8, 4) is 57.5 Å². The molecule has 3 amide bonds. The third kappa shape index (κ3) is 8.47. The molecule has 9 aromatic rings. The molecule has 4 aromatic heterocycles. The Kier molecular flexibility index (Phi) is 12.1. The van der Waals surface area contributed by atoms with Crippen LogP contribution in [0.15, 0.2) is 109 Å². The Morgan fingerprint density at radius 2 is 1.16 bits per heavy atom. The van der Waals surface area contributed by atoms with Gasteiger partial charge in [-0.15, -0.1) is 0 Å². The Hall–Kier alpha value is -9.11. The van der Waals surface area contributed by atoms with Gasteiger partial charge >= 0.3 is 6.03 Å². The SMILES string of the molecule is COc1ccc(Cn2cc3nc(-c4c(F)cccc4F)nc(Nc4ccc(C5(C)NC(=O)N(Oc6ccc(Cn7cc8nc(-c9c(F)cccc9F)nc(Cl)c8c7O)c(OC)c6)C5=O)cc4)c3c2O)c(OC)c1. The molecule has 5 heterocycles. The van der Waals surface area contributed by atoms with Crippen LogP contribution in [0, 0.1) is 23.3 Å². The summed E-state index contributed by atoms with van der Waals surface area (Å²) < 4.78 is 78.8. The summed E-state index contributed by atoms with van der Waals surface area (Å²) in [6.07, 6.45) is 2.94. The highest BCUT2D eigenvalue weighted by molar-refractivity contribution is 6.34. The van der Waals surface area contributed by atoms with E-state index in [1.165, 1.54) is 74.0 Å². The van der Waals surface area contributed by atoms with Crippen molar-refractivity contribution in [2.75, 3.05) is 26.6 Å². The first kappa shape index (κ1) is 47.6. The molecular weight excluding hydrogens is 978 g/mol. The zero-order valence-corrected chi connectivity index (χ0v) is 39.4. The minimum absolute atomic E-state index is 0.00354. The van der Waals surface area contributed by atoms with Gasteiger partial charge in [-0.2, -0.15) is 0 Å². The number of methoxy groups -OCH3 is 3. The number of hydrogen-bond acceptors (Lipinski definition) is 13. The summed E-state index contributed by atoms with van der Waals surface area (Å²) >= 11 is 6.39. The number of aromatic nitrogens is 6. The van der Waals surface area contributed by atoms with Crippen LogP contribution in [0.1, 0.15) is 23.6 Å². The zero-order valence-electron chi connectivity index (χ0n) is 38.7. The number of fused-ring (bicyclic) bond motifs is 2. The van der Waals surface area contributed by atoms with Crippen LogP contribution in [-0.4, -0.2) is 77.6 Å². The lowest BCUT2D eigenvalue weighted by Gasteiger charge is -2.22. The van der Waals surface area contributed by atoms with E-state index in [4.69, 9.17) is 30.6 Å². The van der Waals surface area contributed by atoms with E-state index < -0.39 is 51.9 Å². The summed E-state index contributed by atoms with van der Waals surface area (Å²) in [6, 6.07) is 21.8. The lowest BCUT2D eigenvalue weighted by atomic mass is 9.92. The maximum absolute atomic E-state index is 15.2. The summed E-state index contributed by atoms with van der Waals surface area (Å²) in [5.74, 6) is -4.29. The Morgan fingerprint density at radius 1 is 0.658 bits per heavy atom. The van der Waals surface area contributed by atoms with Gasteiger partial charge in [-0.3, -0.25) is 4.79 Å². The van der Waals surface area contributed by atoms with Crippen LogP contribution in [0.4, 0.5) is 33.9 Å². The molecule has 1 saturated heterocycles. The van der Waals surface area contributed by atoms with Crippen molar-refractivity contribution >= 4 is 56.9 Å². The molecule has 1 aliphatic heterocycles. The van der Waals surface area contributed by atoms with Gasteiger partial charge in [-0.25, -0.2) is 42.3 Å². The number of benzene rings is 5. The molecule has 1 fully saturated rings.